The van der Waals surface area contributed by atoms with Crippen molar-refractivity contribution in [3.8, 4) is 0 Å². The maximum Gasteiger partial charge on any atom is 0.246 e. The molecule has 8 unspecified atom stereocenters. The molecule has 3 aromatic rings. The van der Waals surface area contributed by atoms with Gasteiger partial charge in [0, 0.05) is 35.6 Å². The average Bonchev–Trinajstić information content (AvgIpc) is 2.37. The first-order valence-electron chi connectivity index (χ1n) is 29.6. The molecule has 0 bridgehead atoms. The number of rotatable bonds is 17. The quantitative estimate of drug-likeness (QED) is 0.0829. The van der Waals surface area contributed by atoms with Gasteiger partial charge in [0.05, 0.1) is 61.9 Å². The smallest absolute Gasteiger partial charge is 0.246 e. The lowest BCUT2D eigenvalue weighted by molar-refractivity contribution is -0.144. The van der Waals surface area contributed by atoms with E-state index in [4.69, 9.17) is 0 Å². The molecule has 87 heavy (non-hydrogen) atoms. The minimum Gasteiger partial charge on any atom is -0.394 e. The first-order chi connectivity index (χ1) is 41.5. The molecule has 2 saturated heterocycles. The third kappa shape index (κ3) is 23.8. The molecule has 1 aromatic heterocycles. The van der Waals surface area contributed by atoms with Gasteiger partial charge in [0.15, 0.2) is 0 Å². The van der Waals surface area contributed by atoms with Gasteiger partial charge in [0.2, 0.25) is 65.0 Å². The summed E-state index contributed by atoms with van der Waals surface area (Å²) in [6.07, 6.45) is -0.453. The number of carbonyl (C=O) groups excluding carboxylic acids is 11. The number of benzene rings is 2. The molecule has 2 fully saturated rings. The Balaban J connectivity index is 0.00000353. The van der Waals surface area contributed by atoms with Crippen LogP contribution in [-0.2, 0) is 70.1 Å². The summed E-state index contributed by atoms with van der Waals surface area (Å²) >= 11 is 0. The van der Waals surface area contributed by atoms with Crippen LogP contribution in [0.2, 0.25) is 0 Å². The van der Waals surface area contributed by atoms with Crippen molar-refractivity contribution in [2.45, 2.75) is 162 Å². The summed E-state index contributed by atoms with van der Waals surface area (Å²) in [4.78, 5) is 154. The van der Waals surface area contributed by atoms with E-state index in [9.17, 15) is 67.2 Å². The lowest BCUT2D eigenvalue weighted by atomic mass is 9.94. The third-order valence-electron chi connectivity index (χ3n) is 13.8. The zero-order valence-electron chi connectivity index (χ0n) is 52.2. The number of aliphatic hydroxyl groups is 2. The predicted octanol–water partition coefficient (Wildman–Crippen LogP) is -0.250. The predicted molar refractivity (Wildman–Crippen MR) is 329 cm³/mol. The van der Waals surface area contributed by atoms with E-state index in [1.54, 1.807) is 76.3 Å². The van der Waals surface area contributed by atoms with Crippen LogP contribution in [0.25, 0.3) is 10.9 Å². The van der Waals surface area contributed by atoms with Crippen LogP contribution in [-0.4, -0.2) is 184 Å². The Morgan fingerprint density at radius 3 is 1.94 bits per heavy atom. The van der Waals surface area contributed by atoms with Gasteiger partial charge in [-0.15, -0.1) is 0 Å². The van der Waals surface area contributed by atoms with E-state index < -0.39 is 162 Å². The fourth-order valence-corrected chi connectivity index (χ4v) is 10.2. The van der Waals surface area contributed by atoms with Crippen LogP contribution < -0.4 is 58.5 Å². The van der Waals surface area contributed by atoms with Crippen molar-refractivity contribution < 1.29 is 67.2 Å². The Labute approximate surface area is 511 Å². The average molecular weight is 1240 g/mol. The molecule has 0 saturated carbocycles. The number of likely N-dealkylation sites (N-methyl/N-ethyl adjacent to an activating group) is 1. The Hall–Kier alpha value is -7.82. The number of amides is 11. The van der Waals surface area contributed by atoms with E-state index in [-0.39, 0.29) is 43.4 Å². The Morgan fingerprint density at radius 1 is 0.736 bits per heavy atom. The van der Waals surface area contributed by atoms with E-state index in [0.29, 0.717) is 28.8 Å². The number of carbonyl (C=O) groups is 11. The standard InChI is InChI=1S/C52H73N13O14S.C3H8.2C2H6/c1-7-27(2)44-49(76)57-24-42(71)60-36(26-80(79)51-28(3)33-11-8-9-12-34(33)62-51)47(74)61-35(19-39(68)54-20-31-14-16-32(17-15-31)59-46(73)30(5)58-41(70)21-53-6)52(78)65-18-10-13-37(65)48(75)64-45(29(4)38(67)25-66)50(77)56-22-40(69)55-23-43(72)63-44;1-3-2;2*1-2/h8-9,11-12,14-17,27,29-30,35-38,44-45,53,62,66-67H,7,10,13,18-26H2,1-6H3,(H,54,68)(H,55,69)(H,56,77)(H,57,76)(H,58,70)(H,59,73)(H,60,71)(H,61,74)(H,63,72)(H,64,75);3H2,1-2H3;2*1-2H3/t27?,29-,30?,35?,36-,37?,38?,44?,45?,80?;;;/m0.../s1. The number of hydrogen-bond acceptors (Lipinski definition) is 15. The summed E-state index contributed by atoms with van der Waals surface area (Å²) in [5.41, 5.74) is 2.14. The number of aromatic amines is 1. The van der Waals surface area contributed by atoms with Gasteiger partial charge in [0.1, 0.15) is 41.3 Å². The molecular weight excluding hydrogens is 1150 g/mol. The first kappa shape index (κ1) is 75.3. The van der Waals surface area contributed by atoms with Crippen LogP contribution in [0.5, 0.6) is 0 Å². The maximum absolute atomic E-state index is 14.9. The van der Waals surface area contributed by atoms with Gasteiger partial charge in [-0.1, -0.05) is 105 Å². The van der Waals surface area contributed by atoms with Crippen molar-refractivity contribution in [1.29, 1.82) is 0 Å². The number of nitrogens with one attached hydrogen (secondary N) is 12. The van der Waals surface area contributed by atoms with Crippen LogP contribution in [0, 0.1) is 18.8 Å². The molecule has 2 aliphatic heterocycles. The number of fused-ring (bicyclic) bond motifs is 2. The third-order valence-corrected chi connectivity index (χ3v) is 15.3. The summed E-state index contributed by atoms with van der Waals surface area (Å²) in [5, 5.41) is 49.2. The lowest BCUT2D eigenvalue weighted by Crippen LogP contribution is -2.61. The maximum atomic E-state index is 14.9. The lowest BCUT2D eigenvalue weighted by Gasteiger charge is -2.32. The summed E-state index contributed by atoms with van der Waals surface area (Å²) in [5.74, 6) is -11.3. The van der Waals surface area contributed by atoms with E-state index in [1.807, 2.05) is 27.7 Å². The van der Waals surface area contributed by atoms with E-state index >= 15 is 0 Å². The molecule has 0 radical (unpaired) electrons. The van der Waals surface area contributed by atoms with Gasteiger partial charge in [-0.2, -0.15) is 0 Å². The first-order valence-corrected chi connectivity index (χ1v) is 31.0. The normalized spacial score (nSPS) is 20.8. The highest BCUT2D eigenvalue weighted by atomic mass is 32.2. The van der Waals surface area contributed by atoms with E-state index in [2.05, 4.69) is 77.3 Å². The second kappa shape index (κ2) is 39.1. The molecule has 10 atom stereocenters. The number of aryl methyl sites for hydroxylation is 1. The van der Waals surface area contributed by atoms with Crippen LogP contribution in [0.1, 0.15) is 112 Å². The molecule has 28 heteroatoms. The number of aliphatic hydroxyl groups excluding tert-OH is 2. The van der Waals surface area contributed by atoms with Crippen molar-refractivity contribution in [1.82, 2.24) is 63.1 Å². The molecule has 5 rings (SSSR count). The topological polar surface area (TPSA) is 397 Å². The fourth-order valence-electron chi connectivity index (χ4n) is 8.85. The molecule has 11 amide bonds. The molecule has 3 heterocycles. The molecule has 14 N–H and O–H groups in total. The van der Waals surface area contributed by atoms with Crippen molar-refractivity contribution in [2.24, 2.45) is 11.8 Å². The van der Waals surface area contributed by atoms with Crippen LogP contribution in [0.4, 0.5) is 5.69 Å². The minimum atomic E-state index is -2.07. The van der Waals surface area contributed by atoms with Crippen LogP contribution in [0.15, 0.2) is 53.6 Å². The summed E-state index contributed by atoms with van der Waals surface area (Å²) in [6, 6.07) is 4.87. The highest BCUT2D eigenvalue weighted by Gasteiger charge is 2.42. The largest absolute Gasteiger partial charge is 0.394 e. The van der Waals surface area contributed by atoms with Crippen molar-refractivity contribution in [3.63, 3.8) is 0 Å². The summed E-state index contributed by atoms with van der Waals surface area (Å²) in [6.45, 7) is 17.1. The van der Waals surface area contributed by atoms with Gasteiger partial charge >= 0.3 is 0 Å². The van der Waals surface area contributed by atoms with Gasteiger partial charge in [-0.3, -0.25) is 56.9 Å². The molecule has 0 spiro atoms. The number of anilines is 1. The Morgan fingerprint density at radius 2 is 1.33 bits per heavy atom. The number of para-hydroxylation sites is 1. The Kier molecular flexibility index (Phi) is 33.8. The molecule has 484 valence electrons. The number of hydrogen-bond donors (Lipinski definition) is 14. The molecule has 2 aromatic carbocycles. The molecule has 0 aliphatic carbocycles. The minimum absolute atomic E-state index is 0.0121. The summed E-state index contributed by atoms with van der Waals surface area (Å²) < 4.78 is 14.3. The van der Waals surface area contributed by atoms with E-state index in [1.165, 1.54) is 20.3 Å². The second-order valence-corrected chi connectivity index (χ2v) is 21.9. The SMILES string of the molecule is CC.CC.CCC.CCC(C)C1NC(=O)CNC(=O)CNC(=O)C([C@@H](C)C(O)CO)NC(=O)C2CCCN2C(=O)C(CC(=O)NCc2ccc(NC(=O)C(C)NC(=O)CNC)cc2)NC(=O)[C@H](CS(=O)c2[nH]c3ccccc3c2C)NC(=O)CNC1=O. The zero-order valence-corrected chi connectivity index (χ0v) is 53.0. The number of H-pyrrole nitrogens is 1. The molecule has 27 nitrogen and oxygen atoms in total. The Bertz CT molecular complexity index is 2820. The van der Waals surface area contributed by atoms with Gasteiger partial charge in [-0.05, 0) is 69.0 Å². The fraction of sp³-hybridized carbons (Fsp3) is 0.576. The van der Waals surface area contributed by atoms with Gasteiger partial charge < -0.3 is 78.6 Å². The monoisotopic (exact) mass is 1240 g/mol. The van der Waals surface area contributed by atoms with Crippen LogP contribution >= 0.6 is 0 Å². The zero-order chi connectivity index (χ0) is 65.5. The number of aromatic nitrogens is 1. The van der Waals surface area contributed by atoms with Crippen molar-refractivity contribution >= 4 is 92.4 Å². The van der Waals surface area contributed by atoms with Gasteiger partial charge in [0.25, 0.3) is 0 Å². The van der Waals surface area contributed by atoms with Crippen LogP contribution in [0.3, 0.4) is 0 Å². The van der Waals surface area contributed by atoms with Crippen molar-refractivity contribution in [2.75, 3.05) is 57.4 Å². The molecular formula is C59H93N13O14S. The summed E-state index contributed by atoms with van der Waals surface area (Å²) in [7, 11) is -0.477. The van der Waals surface area contributed by atoms with E-state index in [0.717, 1.165) is 10.3 Å². The second-order valence-electron chi connectivity index (χ2n) is 20.4. The number of nitrogens with zero attached hydrogens (tertiary/aromatic N) is 1. The molecule has 2 aliphatic rings. The van der Waals surface area contributed by atoms with Gasteiger partial charge in [-0.25, -0.2) is 0 Å². The van der Waals surface area contributed by atoms with Crippen molar-refractivity contribution in [3.05, 3.63) is 59.7 Å². The highest BCUT2D eigenvalue weighted by molar-refractivity contribution is 7.85. The highest BCUT2D eigenvalue weighted by Crippen LogP contribution is 2.25.